The first-order valence-corrected chi connectivity index (χ1v) is 11.6. The average Bonchev–Trinajstić information content (AvgIpc) is 2.35. The highest BCUT2D eigenvalue weighted by atomic mass is 28.3. The van der Waals surface area contributed by atoms with Crippen LogP contribution in [-0.4, -0.2) is 50.2 Å². The maximum Gasteiger partial charge on any atom is 0.217 e. The molecule has 1 saturated heterocycles. The molecule has 1 fully saturated rings. The van der Waals surface area contributed by atoms with E-state index in [1.165, 1.54) is 6.92 Å². The Labute approximate surface area is 129 Å². The molecule has 1 aliphatic heterocycles. The van der Waals surface area contributed by atoms with Crippen molar-refractivity contribution < 1.29 is 19.4 Å². The third-order valence-corrected chi connectivity index (χ3v) is 5.71. The van der Waals surface area contributed by atoms with E-state index in [-0.39, 0.29) is 17.9 Å². The van der Waals surface area contributed by atoms with Crippen LogP contribution in [0.25, 0.3) is 0 Å². The molecule has 21 heavy (non-hydrogen) atoms. The van der Waals surface area contributed by atoms with E-state index in [9.17, 15) is 9.90 Å². The van der Waals surface area contributed by atoms with Gasteiger partial charge in [0.1, 0.15) is 6.04 Å². The zero-order valence-corrected chi connectivity index (χ0v) is 15.2. The van der Waals surface area contributed by atoms with E-state index in [0.717, 1.165) is 12.5 Å². The Morgan fingerprint density at radius 1 is 1.38 bits per heavy atom. The van der Waals surface area contributed by atoms with Crippen molar-refractivity contribution in [2.75, 3.05) is 6.61 Å². The van der Waals surface area contributed by atoms with Crippen molar-refractivity contribution in [2.45, 2.75) is 77.4 Å². The predicted octanol–water partition coefficient (Wildman–Crippen LogP) is 1.98. The summed E-state index contributed by atoms with van der Waals surface area (Å²) in [6, 6.07) is 0.532. The van der Waals surface area contributed by atoms with Gasteiger partial charge in [-0.05, 0) is 12.5 Å². The zero-order valence-electron chi connectivity index (χ0n) is 14.2. The van der Waals surface area contributed by atoms with Crippen LogP contribution in [0.2, 0.25) is 25.7 Å². The van der Waals surface area contributed by atoms with Crippen molar-refractivity contribution in [1.82, 2.24) is 5.32 Å². The minimum absolute atomic E-state index is 0.0244. The van der Waals surface area contributed by atoms with Crippen LogP contribution in [-0.2, 0) is 14.3 Å². The predicted molar refractivity (Wildman–Crippen MR) is 85.8 cm³/mol. The van der Waals surface area contributed by atoms with Crippen LogP contribution < -0.4 is 5.32 Å². The van der Waals surface area contributed by atoms with Crippen LogP contribution in [0.5, 0.6) is 0 Å². The molecule has 0 aromatic rings. The lowest BCUT2D eigenvalue weighted by molar-refractivity contribution is -0.247. The molecule has 1 amide bonds. The first-order chi connectivity index (χ1) is 9.65. The summed E-state index contributed by atoms with van der Waals surface area (Å²) in [7, 11) is -1.18. The first-order valence-electron chi connectivity index (χ1n) is 7.88. The molecule has 5 nitrogen and oxygen atoms in total. The van der Waals surface area contributed by atoms with Crippen LogP contribution in [0.3, 0.4) is 0 Å². The summed E-state index contributed by atoms with van der Waals surface area (Å²) < 4.78 is 11.8. The van der Waals surface area contributed by atoms with E-state index in [1.54, 1.807) is 0 Å². The van der Waals surface area contributed by atoms with Crippen LogP contribution in [0.1, 0.15) is 27.2 Å². The third kappa shape index (κ3) is 5.69. The second-order valence-corrected chi connectivity index (χ2v) is 12.8. The fraction of sp³-hybridized carbons (Fsp3) is 0.933. The molecule has 0 aromatic carbocycles. The minimum atomic E-state index is -1.18. The summed E-state index contributed by atoms with van der Waals surface area (Å²) in [5.74, 6) is -0.202. The Bertz CT molecular complexity index is 345. The van der Waals surface area contributed by atoms with Gasteiger partial charge >= 0.3 is 0 Å². The number of aliphatic hydroxyl groups excluding tert-OH is 1. The van der Waals surface area contributed by atoms with Gasteiger partial charge in [-0.25, -0.2) is 0 Å². The fourth-order valence-corrected chi connectivity index (χ4v) is 3.30. The highest BCUT2D eigenvalue weighted by molar-refractivity contribution is 6.76. The summed E-state index contributed by atoms with van der Waals surface area (Å²) >= 11 is 0. The second kappa shape index (κ2) is 7.72. The number of amides is 1. The van der Waals surface area contributed by atoms with Gasteiger partial charge in [0.15, 0.2) is 6.29 Å². The van der Waals surface area contributed by atoms with E-state index in [4.69, 9.17) is 9.47 Å². The van der Waals surface area contributed by atoms with Gasteiger partial charge in [0, 0.05) is 27.5 Å². The number of ether oxygens (including phenoxy) is 2. The molecule has 1 aliphatic rings. The van der Waals surface area contributed by atoms with Gasteiger partial charge in [0.2, 0.25) is 5.91 Å². The van der Waals surface area contributed by atoms with Gasteiger partial charge in [0.25, 0.3) is 0 Å². The standard InChI is InChI=1S/C15H31NO4Si/c1-7-12-10(2)14(18)13(16-11(3)17)15(20-12)19-8-9-21(4,5)6/h10,12-15,18H,7-9H2,1-6H3,(H,16,17)/t10-,12?,13?,14+,15-/m1/s1. The molecule has 0 saturated carbocycles. The molecule has 6 heteroatoms. The average molecular weight is 318 g/mol. The number of rotatable bonds is 6. The Morgan fingerprint density at radius 3 is 2.48 bits per heavy atom. The van der Waals surface area contributed by atoms with Crippen LogP contribution in [0.4, 0.5) is 0 Å². The first kappa shape index (κ1) is 18.6. The molecular weight excluding hydrogens is 286 g/mol. The smallest absolute Gasteiger partial charge is 0.217 e. The van der Waals surface area contributed by atoms with Crippen molar-refractivity contribution in [2.24, 2.45) is 5.92 Å². The number of hydrogen-bond donors (Lipinski definition) is 2. The largest absolute Gasteiger partial charge is 0.390 e. The Kier molecular flexibility index (Phi) is 6.84. The van der Waals surface area contributed by atoms with Crippen LogP contribution >= 0.6 is 0 Å². The SMILES string of the molecule is CCC1O[C@@H](OCC[Si](C)(C)C)C(NC(C)=O)[C@@H](O)[C@@H]1C. The summed E-state index contributed by atoms with van der Waals surface area (Å²) in [5, 5.41) is 13.2. The second-order valence-electron chi connectivity index (χ2n) is 7.21. The van der Waals surface area contributed by atoms with E-state index in [1.807, 2.05) is 13.8 Å². The highest BCUT2D eigenvalue weighted by Crippen LogP contribution is 2.28. The lowest BCUT2D eigenvalue weighted by atomic mass is 9.88. The molecule has 124 valence electrons. The summed E-state index contributed by atoms with van der Waals surface area (Å²) in [5.41, 5.74) is 0. The van der Waals surface area contributed by atoms with Crippen molar-refractivity contribution in [1.29, 1.82) is 0 Å². The van der Waals surface area contributed by atoms with E-state index in [0.29, 0.717) is 6.61 Å². The van der Waals surface area contributed by atoms with Crippen molar-refractivity contribution in [3.63, 3.8) is 0 Å². The maximum absolute atomic E-state index is 11.4. The van der Waals surface area contributed by atoms with Gasteiger partial charge in [-0.15, -0.1) is 0 Å². The molecule has 0 radical (unpaired) electrons. The highest BCUT2D eigenvalue weighted by Gasteiger charge is 2.43. The molecular formula is C15H31NO4Si. The van der Waals surface area contributed by atoms with Crippen LogP contribution in [0, 0.1) is 5.92 Å². The molecule has 0 spiro atoms. The van der Waals surface area contributed by atoms with Crippen molar-refractivity contribution >= 4 is 14.0 Å². The molecule has 1 heterocycles. The third-order valence-electron chi connectivity index (χ3n) is 4.00. The van der Waals surface area contributed by atoms with E-state index in [2.05, 4.69) is 25.0 Å². The molecule has 5 atom stereocenters. The minimum Gasteiger partial charge on any atom is -0.390 e. The van der Waals surface area contributed by atoms with E-state index < -0.39 is 26.5 Å². The monoisotopic (exact) mass is 317 g/mol. The quantitative estimate of drug-likeness (QED) is 0.735. The van der Waals surface area contributed by atoms with Gasteiger partial charge in [-0.3, -0.25) is 4.79 Å². The molecule has 2 N–H and O–H groups in total. The number of nitrogens with one attached hydrogen (secondary N) is 1. The number of carbonyl (C=O) groups excluding carboxylic acids is 1. The topological polar surface area (TPSA) is 67.8 Å². The maximum atomic E-state index is 11.4. The van der Waals surface area contributed by atoms with Gasteiger partial charge in [-0.2, -0.15) is 0 Å². The Morgan fingerprint density at radius 2 is 2.00 bits per heavy atom. The summed E-state index contributed by atoms with van der Waals surface area (Å²) in [4.78, 5) is 11.4. The van der Waals surface area contributed by atoms with Crippen molar-refractivity contribution in [3.05, 3.63) is 0 Å². The Balaban J connectivity index is 2.71. The number of carbonyl (C=O) groups is 1. The molecule has 0 bridgehead atoms. The molecule has 0 aliphatic carbocycles. The number of aliphatic hydroxyl groups is 1. The van der Waals surface area contributed by atoms with Gasteiger partial charge in [-0.1, -0.05) is 33.5 Å². The lowest BCUT2D eigenvalue weighted by Gasteiger charge is -2.43. The fourth-order valence-electron chi connectivity index (χ4n) is 2.57. The summed E-state index contributed by atoms with van der Waals surface area (Å²) in [6.07, 6.45) is -0.438. The van der Waals surface area contributed by atoms with Crippen LogP contribution in [0.15, 0.2) is 0 Å². The van der Waals surface area contributed by atoms with Crippen molar-refractivity contribution in [3.8, 4) is 0 Å². The molecule has 0 aromatic heterocycles. The molecule has 2 unspecified atom stereocenters. The number of hydrogen-bond acceptors (Lipinski definition) is 4. The van der Waals surface area contributed by atoms with E-state index >= 15 is 0 Å². The van der Waals surface area contributed by atoms with Gasteiger partial charge in [0.05, 0.1) is 12.2 Å². The normalized spacial score (nSPS) is 33.8. The summed E-state index contributed by atoms with van der Waals surface area (Å²) in [6.45, 7) is 12.9. The lowest BCUT2D eigenvalue weighted by Crippen LogP contribution is -2.61. The zero-order chi connectivity index (χ0) is 16.2. The Hall–Kier alpha value is -0.433. The molecule has 1 rings (SSSR count). The van der Waals surface area contributed by atoms with Gasteiger partial charge < -0.3 is 19.9 Å².